The molecule has 0 saturated carbocycles. The zero-order chi connectivity index (χ0) is 9.35. The van der Waals surface area contributed by atoms with Gasteiger partial charge in [-0.05, 0) is 25.1 Å². The molecule has 4 nitrogen and oxygen atoms in total. The van der Waals surface area contributed by atoms with Crippen LogP contribution in [0.5, 0.6) is 0 Å². The third kappa shape index (κ3) is 1.66. The Bertz CT molecular complexity index is 292. The van der Waals surface area contributed by atoms with Gasteiger partial charge in [0.25, 0.3) is 0 Å². The Hall–Kier alpha value is -1.26. The lowest BCUT2D eigenvalue weighted by atomic mass is 10.1. The van der Waals surface area contributed by atoms with E-state index in [9.17, 15) is 10.2 Å². The van der Waals surface area contributed by atoms with Gasteiger partial charge in [-0.15, -0.1) is 0 Å². The molecule has 0 unspecified atom stereocenters. The van der Waals surface area contributed by atoms with E-state index >= 15 is 0 Å². The van der Waals surface area contributed by atoms with Crippen LogP contribution >= 0.6 is 0 Å². The van der Waals surface area contributed by atoms with Gasteiger partial charge in [0, 0.05) is 16.9 Å². The Morgan fingerprint density at radius 3 is 2.25 bits per heavy atom. The lowest BCUT2D eigenvalue weighted by Crippen LogP contribution is -2.21. The zero-order valence-electron chi connectivity index (χ0n) is 6.78. The second-order valence-electron chi connectivity index (χ2n) is 2.87. The molecule has 0 fully saturated rings. The molecule has 66 valence electrons. The fraction of sp³-hybridized carbons (Fsp3) is 0.250. The number of nitrogen functional groups attached to an aromatic ring is 2. The second kappa shape index (κ2) is 2.66. The first-order valence-corrected chi connectivity index (χ1v) is 3.51. The number of aliphatic hydroxyl groups is 2. The Morgan fingerprint density at radius 2 is 1.83 bits per heavy atom. The average Bonchev–Trinajstić information content (AvgIpc) is 1.92. The third-order valence-electron chi connectivity index (χ3n) is 1.59. The molecule has 0 saturated heterocycles. The van der Waals surface area contributed by atoms with Gasteiger partial charge >= 0.3 is 0 Å². The number of anilines is 2. The second-order valence-corrected chi connectivity index (χ2v) is 2.87. The van der Waals surface area contributed by atoms with Gasteiger partial charge in [-0.25, -0.2) is 0 Å². The summed E-state index contributed by atoms with van der Waals surface area (Å²) in [5.41, 5.74) is 11.9. The lowest BCUT2D eigenvalue weighted by Gasteiger charge is -2.18. The molecule has 0 aliphatic carbocycles. The van der Waals surface area contributed by atoms with Crippen LogP contribution in [0.25, 0.3) is 0 Å². The van der Waals surface area contributed by atoms with Crippen LogP contribution in [0.4, 0.5) is 11.4 Å². The summed E-state index contributed by atoms with van der Waals surface area (Å²) in [5.74, 6) is -1.93. The molecule has 0 radical (unpaired) electrons. The minimum atomic E-state index is -1.93. The van der Waals surface area contributed by atoms with E-state index in [1.807, 2.05) is 0 Å². The first-order valence-electron chi connectivity index (χ1n) is 3.51. The Labute approximate surface area is 70.4 Å². The van der Waals surface area contributed by atoms with Crippen LogP contribution < -0.4 is 11.5 Å². The maximum atomic E-state index is 9.21. The van der Waals surface area contributed by atoms with Crippen molar-refractivity contribution in [3.63, 3.8) is 0 Å². The van der Waals surface area contributed by atoms with Gasteiger partial charge < -0.3 is 21.7 Å². The molecule has 0 atom stereocenters. The molecular formula is C8H12N2O2. The standard InChI is InChI=1S/C8H12N2O2/c1-8(11,12)6-4-5(9)2-3-7(6)10/h2-4,11-12H,9-10H2,1H3. The molecule has 0 aromatic heterocycles. The highest BCUT2D eigenvalue weighted by molar-refractivity contribution is 5.56. The Kier molecular flexibility index (Phi) is 1.95. The van der Waals surface area contributed by atoms with Gasteiger partial charge in [0.1, 0.15) is 0 Å². The molecule has 0 spiro atoms. The highest BCUT2D eigenvalue weighted by Crippen LogP contribution is 2.25. The Morgan fingerprint density at radius 1 is 1.25 bits per heavy atom. The van der Waals surface area contributed by atoms with E-state index < -0.39 is 5.79 Å². The number of hydrogen-bond acceptors (Lipinski definition) is 4. The molecule has 0 aliphatic heterocycles. The number of hydrogen-bond donors (Lipinski definition) is 4. The van der Waals surface area contributed by atoms with E-state index in [1.54, 1.807) is 6.07 Å². The number of benzene rings is 1. The molecule has 6 N–H and O–H groups in total. The van der Waals surface area contributed by atoms with E-state index in [4.69, 9.17) is 11.5 Å². The molecule has 0 aliphatic rings. The van der Waals surface area contributed by atoms with Crippen molar-refractivity contribution in [2.75, 3.05) is 11.5 Å². The van der Waals surface area contributed by atoms with Crippen LogP contribution in [0.15, 0.2) is 18.2 Å². The highest BCUT2D eigenvalue weighted by atomic mass is 16.5. The first kappa shape index (κ1) is 8.83. The van der Waals surface area contributed by atoms with E-state index in [0.29, 0.717) is 11.4 Å². The van der Waals surface area contributed by atoms with Gasteiger partial charge in [0.05, 0.1) is 0 Å². The van der Waals surface area contributed by atoms with Crippen LogP contribution in [0.3, 0.4) is 0 Å². The van der Waals surface area contributed by atoms with Crippen LogP contribution in [0.1, 0.15) is 12.5 Å². The number of nitrogens with two attached hydrogens (primary N) is 2. The summed E-state index contributed by atoms with van der Waals surface area (Å²) in [6, 6.07) is 4.58. The van der Waals surface area contributed by atoms with Crippen molar-refractivity contribution in [1.82, 2.24) is 0 Å². The fourth-order valence-corrected chi connectivity index (χ4v) is 0.984. The molecule has 12 heavy (non-hydrogen) atoms. The summed E-state index contributed by atoms with van der Waals surface area (Å²) in [7, 11) is 0. The van der Waals surface area contributed by atoms with Gasteiger partial charge in [-0.3, -0.25) is 0 Å². The highest BCUT2D eigenvalue weighted by Gasteiger charge is 2.21. The van der Waals surface area contributed by atoms with Crippen molar-refractivity contribution in [2.24, 2.45) is 0 Å². The van der Waals surface area contributed by atoms with E-state index in [0.717, 1.165) is 0 Å². The summed E-state index contributed by atoms with van der Waals surface area (Å²) >= 11 is 0. The van der Waals surface area contributed by atoms with E-state index in [-0.39, 0.29) is 5.56 Å². The van der Waals surface area contributed by atoms with Crippen LogP contribution in [-0.2, 0) is 5.79 Å². The summed E-state index contributed by atoms with van der Waals surface area (Å²) in [6.07, 6.45) is 0. The zero-order valence-corrected chi connectivity index (χ0v) is 6.78. The quantitative estimate of drug-likeness (QED) is 0.351. The minimum absolute atomic E-state index is 0.225. The molecule has 1 aromatic carbocycles. The van der Waals surface area contributed by atoms with Crippen molar-refractivity contribution in [1.29, 1.82) is 0 Å². The molecule has 0 bridgehead atoms. The van der Waals surface area contributed by atoms with Gasteiger partial charge in [-0.1, -0.05) is 0 Å². The molecule has 4 heteroatoms. The monoisotopic (exact) mass is 168 g/mol. The van der Waals surface area contributed by atoms with Crippen molar-refractivity contribution in [3.05, 3.63) is 23.8 Å². The molecule has 1 rings (SSSR count). The molecule has 1 aromatic rings. The van der Waals surface area contributed by atoms with Gasteiger partial charge in [-0.2, -0.15) is 0 Å². The first-order chi connectivity index (χ1) is 5.41. The van der Waals surface area contributed by atoms with Crippen molar-refractivity contribution in [2.45, 2.75) is 12.7 Å². The van der Waals surface area contributed by atoms with Crippen molar-refractivity contribution in [3.8, 4) is 0 Å². The summed E-state index contributed by atoms with van der Waals surface area (Å²) in [4.78, 5) is 0. The van der Waals surface area contributed by atoms with Crippen molar-refractivity contribution < 1.29 is 10.2 Å². The van der Waals surface area contributed by atoms with E-state index in [2.05, 4.69) is 0 Å². The van der Waals surface area contributed by atoms with Gasteiger partial charge in [0.15, 0.2) is 5.79 Å². The van der Waals surface area contributed by atoms with Gasteiger partial charge in [0.2, 0.25) is 0 Å². The Balaban J connectivity index is 3.23. The topological polar surface area (TPSA) is 92.5 Å². The molecule has 0 heterocycles. The predicted molar refractivity (Wildman–Crippen MR) is 47.1 cm³/mol. The SMILES string of the molecule is CC(O)(O)c1cc(N)ccc1N. The predicted octanol–water partition coefficient (Wildman–Crippen LogP) is 0.00830. The van der Waals surface area contributed by atoms with Crippen molar-refractivity contribution >= 4 is 11.4 Å². The average molecular weight is 168 g/mol. The summed E-state index contributed by atoms with van der Waals surface area (Å²) < 4.78 is 0. The lowest BCUT2D eigenvalue weighted by molar-refractivity contribution is -0.152. The fourth-order valence-electron chi connectivity index (χ4n) is 0.984. The van der Waals surface area contributed by atoms with Crippen LogP contribution in [-0.4, -0.2) is 10.2 Å². The van der Waals surface area contributed by atoms with Crippen LogP contribution in [0, 0.1) is 0 Å². The maximum Gasteiger partial charge on any atom is 0.188 e. The maximum absolute atomic E-state index is 9.21. The minimum Gasteiger partial charge on any atom is -0.399 e. The molecular weight excluding hydrogens is 156 g/mol. The third-order valence-corrected chi connectivity index (χ3v) is 1.59. The molecule has 0 amide bonds. The van der Waals surface area contributed by atoms with E-state index in [1.165, 1.54) is 19.1 Å². The number of rotatable bonds is 1. The largest absolute Gasteiger partial charge is 0.399 e. The summed E-state index contributed by atoms with van der Waals surface area (Å²) in [5, 5.41) is 18.4. The normalized spacial score (nSPS) is 11.6. The summed E-state index contributed by atoms with van der Waals surface area (Å²) in [6.45, 7) is 1.23. The van der Waals surface area contributed by atoms with Crippen LogP contribution in [0.2, 0.25) is 0 Å². The smallest absolute Gasteiger partial charge is 0.188 e.